The Labute approximate surface area is 165 Å². The van der Waals surface area contributed by atoms with Crippen LogP contribution in [0, 0.1) is 13.8 Å². The Morgan fingerprint density at radius 1 is 1.19 bits per heavy atom. The van der Waals surface area contributed by atoms with Crippen molar-refractivity contribution in [3.05, 3.63) is 46.0 Å². The monoisotopic (exact) mass is 432 g/mol. The summed E-state index contributed by atoms with van der Waals surface area (Å²) >= 11 is 5.21. The van der Waals surface area contributed by atoms with Gasteiger partial charge in [-0.3, -0.25) is 0 Å². The first-order chi connectivity index (χ1) is 12.6. The number of nitrogens with zero attached hydrogens (tertiary/aromatic N) is 4. The van der Waals surface area contributed by atoms with E-state index in [0.717, 1.165) is 20.9 Å². The van der Waals surface area contributed by atoms with E-state index < -0.39 is 0 Å². The zero-order valence-electron chi connectivity index (χ0n) is 14.9. The lowest BCUT2D eigenvalue weighted by Crippen LogP contribution is -2.08. The molecule has 5 nitrogen and oxygen atoms in total. The lowest BCUT2D eigenvalue weighted by atomic mass is 10.2. The smallest absolute Gasteiger partial charge is 0.248 e. The van der Waals surface area contributed by atoms with Crippen LogP contribution in [0.4, 0.5) is 0 Å². The molecular weight excluding hydrogens is 412 g/mol. The minimum atomic E-state index is 0.541. The predicted molar refractivity (Wildman–Crippen MR) is 106 cm³/mol. The Morgan fingerprint density at radius 3 is 2.73 bits per heavy atom. The molecule has 0 saturated heterocycles. The molecule has 1 aromatic carbocycles. The number of halogens is 1. The molecule has 26 heavy (non-hydrogen) atoms. The summed E-state index contributed by atoms with van der Waals surface area (Å²) in [6.07, 6.45) is 5.11. The van der Waals surface area contributed by atoms with Crippen molar-refractivity contribution in [2.24, 2.45) is 0 Å². The Hall–Kier alpha value is -1.60. The number of imidazole rings is 1. The standard InChI is InChI=1S/C19H21BrN4OS/c1-12-13(2)24(14-7-3-4-8-14)19(21-12)26-11-17-22-23-18(25-17)15-9-5-6-10-16(15)20/h5-6,9-10,14H,3-4,7-8,11H2,1-2H3. The minimum Gasteiger partial charge on any atom is -0.420 e. The van der Waals surface area contributed by atoms with Gasteiger partial charge in [0.05, 0.1) is 17.0 Å². The van der Waals surface area contributed by atoms with Crippen molar-refractivity contribution >= 4 is 27.7 Å². The highest BCUT2D eigenvalue weighted by Crippen LogP contribution is 2.36. The van der Waals surface area contributed by atoms with Gasteiger partial charge in [0.2, 0.25) is 11.8 Å². The molecule has 0 spiro atoms. The largest absolute Gasteiger partial charge is 0.420 e. The van der Waals surface area contributed by atoms with Gasteiger partial charge in [0.25, 0.3) is 0 Å². The van der Waals surface area contributed by atoms with Gasteiger partial charge in [0, 0.05) is 16.2 Å². The predicted octanol–water partition coefficient (Wildman–Crippen LogP) is 5.72. The highest BCUT2D eigenvalue weighted by atomic mass is 79.9. The summed E-state index contributed by atoms with van der Waals surface area (Å²) < 4.78 is 9.23. The molecular formula is C19H21BrN4OS. The van der Waals surface area contributed by atoms with Gasteiger partial charge in [0.15, 0.2) is 5.16 Å². The number of aromatic nitrogens is 4. The average Bonchev–Trinajstić information content (AvgIpc) is 3.36. The van der Waals surface area contributed by atoms with Crippen molar-refractivity contribution in [1.82, 2.24) is 19.7 Å². The van der Waals surface area contributed by atoms with Crippen LogP contribution in [-0.4, -0.2) is 19.7 Å². The lowest BCUT2D eigenvalue weighted by molar-refractivity contribution is 0.470. The molecule has 3 aromatic rings. The summed E-state index contributed by atoms with van der Waals surface area (Å²) in [7, 11) is 0. The molecule has 1 fully saturated rings. The van der Waals surface area contributed by atoms with E-state index in [1.165, 1.54) is 31.4 Å². The van der Waals surface area contributed by atoms with E-state index in [1.807, 2.05) is 24.3 Å². The summed E-state index contributed by atoms with van der Waals surface area (Å²) in [5, 5.41) is 9.47. The third-order valence-corrected chi connectivity index (χ3v) is 6.57. The van der Waals surface area contributed by atoms with Crippen LogP contribution >= 0.6 is 27.7 Å². The fourth-order valence-electron chi connectivity index (χ4n) is 3.47. The maximum absolute atomic E-state index is 5.86. The van der Waals surface area contributed by atoms with Gasteiger partial charge in [-0.1, -0.05) is 36.7 Å². The summed E-state index contributed by atoms with van der Waals surface area (Å²) in [6, 6.07) is 8.44. The Balaban J connectivity index is 1.52. The van der Waals surface area contributed by atoms with Crippen LogP contribution < -0.4 is 0 Å². The second kappa shape index (κ2) is 7.56. The third-order valence-electron chi connectivity index (χ3n) is 4.94. The van der Waals surface area contributed by atoms with Crippen LogP contribution in [0.3, 0.4) is 0 Å². The molecule has 4 rings (SSSR count). The molecule has 0 bridgehead atoms. The normalized spacial score (nSPS) is 15.0. The molecule has 1 aliphatic rings. The van der Waals surface area contributed by atoms with E-state index in [-0.39, 0.29) is 0 Å². The molecule has 0 radical (unpaired) electrons. The summed E-state index contributed by atoms with van der Waals surface area (Å²) in [6.45, 7) is 4.25. The van der Waals surface area contributed by atoms with Crippen molar-refractivity contribution in [3.8, 4) is 11.5 Å². The SMILES string of the molecule is Cc1nc(SCc2nnc(-c3ccccc3Br)o2)n(C2CCCC2)c1C. The average molecular weight is 433 g/mol. The van der Waals surface area contributed by atoms with Crippen molar-refractivity contribution < 1.29 is 4.42 Å². The highest BCUT2D eigenvalue weighted by molar-refractivity contribution is 9.10. The van der Waals surface area contributed by atoms with Crippen LogP contribution in [0.15, 0.2) is 38.3 Å². The number of thioether (sulfide) groups is 1. The Kier molecular flexibility index (Phi) is 5.18. The van der Waals surface area contributed by atoms with E-state index in [4.69, 9.17) is 9.40 Å². The summed E-state index contributed by atoms with van der Waals surface area (Å²) in [4.78, 5) is 4.78. The molecule has 0 N–H and O–H groups in total. The van der Waals surface area contributed by atoms with E-state index >= 15 is 0 Å². The lowest BCUT2D eigenvalue weighted by Gasteiger charge is -2.16. The molecule has 1 aliphatic carbocycles. The molecule has 136 valence electrons. The number of benzene rings is 1. The second-order valence-corrected chi connectivity index (χ2v) is 8.44. The number of hydrogen-bond donors (Lipinski definition) is 0. The van der Waals surface area contributed by atoms with Crippen molar-refractivity contribution in [3.63, 3.8) is 0 Å². The number of aryl methyl sites for hydroxylation is 1. The first-order valence-electron chi connectivity index (χ1n) is 8.89. The van der Waals surface area contributed by atoms with Gasteiger partial charge in [-0.2, -0.15) is 0 Å². The molecule has 0 unspecified atom stereocenters. The molecule has 1 saturated carbocycles. The molecule has 2 heterocycles. The third kappa shape index (κ3) is 3.47. The van der Waals surface area contributed by atoms with Crippen LogP contribution in [0.1, 0.15) is 49.0 Å². The number of rotatable bonds is 5. The zero-order valence-corrected chi connectivity index (χ0v) is 17.3. The topological polar surface area (TPSA) is 56.7 Å². The summed E-state index contributed by atoms with van der Waals surface area (Å²) in [5.74, 6) is 1.79. The summed E-state index contributed by atoms with van der Waals surface area (Å²) in [5.41, 5.74) is 3.30. The fourth-order valence-corrected chi connectivity index (χ4v) is 4.92. The molecule has 0 aliphatic heterocycles. The van der Waals surface area contributed by atoms with Gasteiger partial charge in [-0.05, 0) is 54.8 Å². The molecule has 2 aromatic heterocycles. The quantitative estimate of drug-likeness (QED) is 0.482. The van der Waals surface area contributed by atoms with Gasteiger partial charge in [-0.25, -0.2) is 4.98 Å². The van der Waals surface area contributed by atoms with Crippen LogP contribution in [0.2, 0.25) is 0 Å². The Bertz CT molecular complexity index is 914. The van der Waals surface area contributed by atoms with Crippen molar-refractivity contribution in [2.45, 2.75) is 56.5 Å². The van der Waals surface area contributed by atoms with E-state index in [0.29, 0.717) is 23.6 Å². The minimum absolute atomic E-state index is 0.541. The number of hydrogen-bond acceptors (Lipinski definition) is 5. The van der Waals surface area contributed by atoms with E-state index in [9.17, 15) is 0 Å². The molecule has 0 amide bonds. The van der Waals surface area contributed by atoms with Crippen LogP contribution in [0.25, 0.3) is 11.5 Å². The fraction of sp³-hybridized carbons (Fsp3) is 0.421. The first-order valence-corrected chi connectivity index (χ1v) is 10.7. The van der Waals surface area contributed by atoms with Crippen LogP contribution in [0.5, 0.6) is 0 Å². The van der Waals surface area contributed by atoms with E-state index in [2.05, 4.69) is 44.5 Å². The molecule has 0 atom stereocenters. The van der Waals surface area contributed by atoms with Gasteiger partial charge >= 0.3 is 0 Å². The van der Waals surface area contributed by atoms with Gasteiger partial charge in [-0.15, -0.1) is 10.2 Å². The van der Waals surface area contributed by atoms with Crippen molar-refractivity contribution in [1.29, 1.82) is 0 Å². The second-order valence-electron chi connectivity index (χ2n) is 6.64. The van der Waals surface area contributed by atoms with Crippen molar-refractivity contribution in [2.75, 3.05) is 0 Å². The van der Waals surface area contributed by atoms with E-state index in [1.54, 1.807) is 11.8 Å². The zero-order chi connectivity index (χ0) is 18.1. The molecule has 7 heteroatoms. The highest BCUT2D eigenvalue weighted by Gasteiger charge is 2.23. The van der Waals surface area contributed by atoms with Gasteiger partial charge < -0.3 is 8.98 Å². The first kappa shape index (κ1) is 17.8. The Morgan fingerprint density at radius 2 is 1.96 bits per heavy atom. The van der Waals surface area contributed by atoms with Crippen LogP contribution in [-0.2, 0) is 5.75 Å². The van der Waals surface area contributed by atoms with Gasteiger partial charge in [0.1, 0.15) is 0 Å². The maximum atomic E-state index is 5.86. The maximum Gasteiger partial charge on any atom is 0.248 e.